The van der Waals surface area contributed by atoms with Gasteiger partial charge in [0.15, 0.2) is 5.84 Å². The Labute approximate surface area is 141 Å². The molecule has 25 heavy (non-hydrogen) atoms. The average molecular weight is 355 g/mol. The lowest BCUT2D eigenvalue weighted by Crippen LogP contribution is -2.32. The molecule has 6 N–H and O–H groups in total. The molecule has 2 rings (SSSR count). The van der Waals surface area contributed by atoms with E-state index < -0.39 is 11.7 Å². The second-order valence-electron chi connectivity index (χ2n) is 4.86. The van der Waals surface area contributed by atoms with Crippen LogP contribution in [0.1, 0.15) is 11.1 Å². The van der Waals surface area contributed by atoms with Crippen molar-refractivity contribution in [2.75, 3.05) is 18.5 Å². The number of nitrogens with two attached hydrogens (primary N) is 2. The lowest BCUT2D eigenvalue weighted by molar-refractivity contribution is -0.137. The first-order valence-electron chi connectivity index (χ1n) is 7.03. The molecule has 0 amide bonds. The Hall–Kier alpha value is -2.92. The fourth-order valence-corrected chi connectivity index (χ4v) is 1.84. The van der Waals surface area contributed by atoms with E-state index in [4.69, 9.17) is 16.7 Å². The van der Waals surface area contributed by atoms with Crippen LogP contribution in [-0.2, 0) is 6.18 Å². The Balaban J connectivity index is 2.23. The van der Waals surface area contributed by atoms with E-state index >= 15 is 0 Å². The molecule has 0 atom stereocenters. The van der Waals surface area contributed by atoms with E-state index in [2.05, 4.69) is 20.4 Å². The van der Waals surface area contributed by atoms with Gasteiger partial charge in [0.05, 0.1) is 24.3 Å². The number of halogens is 3. The van der Waals surface area contributed by atoms with Crippen LogP contribution in [0.4, 0.5) is 24.7 Å². The van der Waals surface area contributed by atoms with E-state index in [1.165, 1.54) is 24.7 Å². The number of aliphatic hydroxyl groups is 1. The van der Waals surface area contributed by atoms with Crippen molar-refractivity contribution in [1.82, 2.24) is 15.1 Å². The van der Waals surface area contributed by atoms with E-state index in [0.29, 0.717) is 11.3 Å². The Kier molecular flexibility index (Phi) is 5.72. The minimum absolute atomic E-state index is 0.0223. The van der Waals surface area contributed by atoms with Crippen LogP contribution < -0.4 is 16.9 Å². The number of hydrazine groups is 1. The third-order valence-corrected chi connectivity index (χ3v) is 3.03. The molecule has 0 aliphatic heterocycles. The van der Waals surface area contributed by atoms with E-state index in [-0.39, 0.29) is 24.8 Å². The number of benzene rings is 1. The summed E-state index contributed by atoms with van der Waals surface area (Å²) in [7, 11) is 0. The molecular formula is C14H16F3N7O. The molecule has 0 spiro atoms. The minimum atomic E-state index is -4.41. The highest BCUT2D eigenvalue weighted by Crippen LogP contribution is 2.30. The number of nitrogens with one attached hydrogen (secondary N) is 1. The van der Waals surface area contributed by atoms with Crippen molar-refractivity contribution in [2.45, 2.75) is 6.18 Å². The van der Waals surface area contributed by atoms with Crippen molar-refractivity contribution in [3.63, 3.8) is 0 Å². The van der Waals surface area contributed by atoms with E-state index in [1.807, 2.05) is 0 Å². The molecule has 1 aromatic heterocycles. The maximum atomic E-state index is 12.6. The Morgan fingerprint density at radius 1 is 1.28 bits per heavy atom. The average Bonchev–Trinajstić information content (AvgIpc) is 2.55. The maximum Gasteiger partial charge on any atom is 0.416 e. The van der Waals surface area contributed by atoms with Crippen molar-refractivity contribution >= 4 is 17.3 Å². The van der Waals surface area contributed by atoms with Gasteiger partial charge in [-0.05, 0) is 24.3 Å². The van der Waals surface area contributed by atoms with Crippen molar-refractivity contribution in [3.05, 3.63) is 47.9 Å². The summed E-state index contributed by atoms with van der Waals surface area (Å²) in [5, 5.41) is 16.5. The van der Waals surface area contributed by atoms with Gasteiger partial charge in [0, 0.05) is 11.9 Å². The number of hydrazone groups is 1. The molecular weight excluding hydrogens is 339 g/mol. The SMILES string of the molecule is N/C(=N\N(N)CCO)c1cncnc1Nc1ccc(C(F)(F)F)cc1. The first kappa shape index (κ1) is 18.4. The standard InChI is InChI=1S/C14H16F3N7O/c15-14(16,17)9-1-3-10(4-2-9)22-13-11(7-20-8-21-13)12(18)23-24(19)5-6-25/h1-4,7-8,25H,5-6,19H2,(H2,18,23)(H,20,21,22). The van der Waals surface area contributed by atoms with E-state index in [0.717, 1.165) is 17.3 Å². The molecule has 0 aliphatic carbocycles. The zero-order valence-corrected chi connectivity index (χ0v) is 12.9. The number of aromatic nitrogens is 2. The van der Waals surface area contributed by atoms with Crippen LogP contribution in [-0.4, -0.2) is 39.2 Å². The second kappa shape index (κ2) is 7.77. The van der Waals surface area contributed by atoms with Crippen molar-refractivity contribution in [2.24, 2.45) is 16.7 Å². The van der Waals surface area contributed by atoms with E-state index in [1.54, 1.807) is 0 Å². The summed E-state index contributed by atoms with van der Waals surface area (Å²) >= 11 is 0. The molecule has 2 aromatic rings. The van der Waals surface area contributed by atoms with Gasteiger partial charge < -0.3 is 16.2 Å². The van der Waals surface area contributed by atoms with Crippen LogP contribution >= 0.6 is 0 Å². The largest absolute Gasteiger partial charge is 0.416 e. The van der Waals surface area contributed by atoms with Crippen LogP contribution in [0.2, 0.25) is 0 Å². The number of hydrogen-bond acceptors (Lipinski definition) is 7. The predicted molar refractivity (Wildman–Crippen MR) is 85.5 cm³/mol. The lowest BCUT2D eigenvalue weighted by atomic mass is 10.2. The molecule has 0 saturated carbocycles. The summed E-state index contributed by atoms with van der Waals surface area (Å²) in [4.78, 5) is 7.84. The molecule has 1 heterocycles. The Morgan fingerprint density at radius 3 is 2.56 bits per heavy atom. The highest BCUT2D eigenvalue weighted by molar-refractivity contribution is 6.01. The quantitative estimate of drug-likeness (QED) is 0.264. The number of rotatable bonds is 6. The van der Waals surface area contributed by atoms with Gasteiger partial charge in [-0.1, -0.05) is 0 Å². The van der Waals surface area contributed by atoms with Gasteiger partial charge in [-0.2, -0.15) is 13.2 Å². The van der Waals surface area contributed by atoms with Gasteiger partial charge in [-0.15, -0.1) is 5.10 Å². The number of anilines is 2. The zero-order valence-electron chi connectivity index (χ0n) is 12.9. The van der Waals surface area contributed by atoms with Crippen LogP contribution in [0.15, 0.2) is 41.9 Å². The molecule has 11 heteroatoms. The monoisotopic (exact) mass is 355 g/mol. The summed E-state index contributed by atoms with van der Waals surface area (Å²) in [5.74, 6) is 5.74. The van der Waals surface area contributed by atoms with Crippen LogP contribution in [0.3, 0.4) is 0 Å². The molecule has 0 bridgehead atoms. The van der Waals surface area contributed by atoms with Gasteiger partial charge >= 0.3 is 6.18 Å². The minimum Gasteiger partial charge on any atom is -0.394 e. The van der Waals surface area contributed by atoms with Gasteiger partial charge in [0.1, 0.15) is 12.1 Å². The fraction of sp³-hybridized carbons (Fsp3) is 0.214. The highest BCUT2D eigenvalue weighted by atomic mass is 19.4. The summed E-state index contributed by atoms with van der Waals surface area (Å²) in [6, 6.07) is 4.43. The third kappa shape index (κ3) is 5.02. The highest BCUT2D eigenvalue weighted by Gasteiger charge is 2.29. The lowest BCUT2D eigenvalue weighted by Gasteiger charge is -2.14. The van der Waals surface area contributed by atoms with Crippen LogP contribution in [0, 0.1) is 0 Å². The summed E-state index contributed by atoms with van der Waals surface area (Å²) < 4.78 is 37.8. The van der Waals surface area contributed by atoms with Crippen molar-refractivity contribution in [3.8, 4) is 0 Å². The molecule has 0 radical (unpaired) electrons. The zero-order chi connectivity index (χ0) is 18.4. The summed E-state index contributed by atoms with van der Waals surface area (Å²) in [6.07, 6.45) is -1.78. The van der Waals surface area contributed by atoms with E-state index in [9.17, 15) is 13.2 Å². The number of nitrogens with zero attached hydrogens (tertiary/aromatic N) is 4. The molecule has 8 nitrogen and oxygen atoms in total. The van der Waals surface area contributed by atoms with Gasteiger partial charge in [0.25, 0.3) is 0 Å². The molecule has 1 aromatic carbocycles. The van der Waals surface area contributed by atoms with Gasteiger partial charge in [0.2, 0.25) is 0 Å². The van der Waals surface area contributed by atoms with Crippen LogP contribution in [0.5, 0.6) is 0 Å². The normalized spacial score (nSPS) is 12.1. The second-order valence-corrected chi connectivity index (χ2v) is 4.86. The number of amidine groups is 1. The summed E-state index contributed by atoms with van der Waals surface area (Å²) in [6.45, 7) is -0.148. The van der Waals surface area contributed by atoms with Crippen LogP contribution in [0.25, 0.3) is 0 Å². The molecule has 0 aliphatic rings. The fourth-order valence-electron chi connectivity index (χ4n) is 1.84. The number of aliphatic hydroxyl groups excluding tert-OH is 1. The van der Waals surface area contributed by atoms with Crippen molar-refractivity contribution in [1.29, 1.82) is 0 Å². The number of alkyl halides is 3. The molecule has 0 fully saturated rings. The van der Waals surface area contributed by atoms with Crippen molar-refractivity contribution < 1.29 is 18.3 Å². The molecule has 0 saturated heterocycles. The van der Waals surface area contributed by atoms with Gasteiger partial charge in [-0.25, -0.2) is 20.9 Å². The Morgan fingerprint density at radius 2 is 1.96 bits per heavy atom. The molecule has 0 unspecified atom stereocenters. The summed E-state index contributed by atoms with van der Waals surface area (Å²) in [5.41, 5.74) is 5.76. The Bertz CT molecular complexity index is 734. The topological polar surface area (TPSA) is 126 Å². The molecule has 134 valence electrons. The number of hydrogen-bond donors (Lipinski definition) is 4. The van der Waals surface area contributed by atoms with Gasteiger partial charge in [-0.3, -0.25) is 0 Å². The predicted octanol–water partition coefficient (Wildman–Crippen LogP) is 1.03. The first-order valence-corrected chi connectivity index (χ1v) is 7.03. The smallest absolute Gasteiger partial charge is 0.394 e. The first-order chi connectivity index (χ1) is 11.8. The maximum absolute atomic E-state index is 12.6. The third-order valence-electron chi connectivity index (χ3n) is 3.03.